The third-order valence-electron chi connectivity index (χ3n) is 7.36. The summed E-state index contributed by atoms with van der Waals surface area (Å²) >= 11 is 0. The predicted molar refractivity (Wildman–Crippen MR) is 165 cm³/mol. The minimum Gasteiger partial charge on any atom is -0.467 e. The fraction of sp³-hybridized carbons (Fsp3) is 0.500. The molecule has 3 aromatic rings. The molecule has 0 aliphatic carbocycles. The summed E-state index contributed by atoms with van der Waals surface area (Å²) in [6.45, 7) is 5.86. The van der Waals surface area contributed by atoms with E-state index in [0.29, 0.717) is 38.6 Å². The number of aryl methyl sites for hydroxylation is 1. The van der Waals surface area contributed by atoms with E-state index in [0.717, 1.165) is 40.2 Å². The molecule has 1 heterocycles. The fourth-order valence-corrected chi connectivity index (χ4v) is 5.24. The Morgan fingerprint density at radius 1 is 0.810 bits per heavy atom. The van der Waals surface area contributed by atoms with E-state index in [9.17, 15) is 19.2 Å². The maximum atomic E-state index is 13.5. The highest BCUT2D eigenvalue weighted by Gasteiger charge is 2.29. The number of amides is 3. The van der Waals surface area contributed by atoms with E-state index >= 15 is 0 Å². The van der Waals surface area contributed by atoms with Crippen LogP contribution in [0.5, 0.6) is 0 Å². The summed E-state index contributed by atoms with van der Waals surface area (Å²) < 4.78 is 4.84. The number of carbonyl (C=O) groups excluding carboxylic acids is 4. The number of H-pyrrole nitrogens is 1. The summed E-state index contributed by atoms with van der Waals surface area (Å²) in [5.74, 6) is -1.85. The van der Waals surface area contributed by atoms with E-state index in [-0.39, 0.29) is 12.3 Å². The van der Waals surface area contributed by atoms with Gasteiger partial charge in [0.25, 0.3) is 0 Å². The van der Waals surface area contributed by atoms with Gasteiger partial charge >= 0.3 is 5.97 Å². The summed E-state index contributed by atoms with van der Waals surface area (Å²) in [7, 11) is 1.27. The van der Waals surface area contributed by atoms with E-state index in [4.69, 9.17) is 10.5 Å². The second-order valence-electron chi connectivity index (χ2n) is 10.8. The number of aromatic amines is 1. The summed E-state index contributed by atoms with van der Waals surface area (Å²) in [5.41, 5.74) is 9.82. The number of benzene rings is 2. The average Bonchev–Trinajstić information content (AvgIpc) is 3.32. The van der Waals surface area contributed by atoms with Gasteiger partial charge in [-0.25, -0.2) is 4.79 Å². The van der Waals surface area contributed by atoms with Crippen molar-refractivity contribution in [3.63, 3.8) is 0 Å². The van der Waals surface area contributed by atoms with Gasteiger partial charge in [0, 0.05) is 35.2 Å². The van der Waals surface area contributed by atoms with E-state index in [1.54, 1.807) is 0 Å². The van der Waals surface area contributed by atoms with Gasteiger partial charge in [-0.15, -0.1) is 0 Å². The standard InChI is InChI=1S/C32H45N5O5/c1-5-9-21-12-14-25-23(17-21)24-18-22(13-15-26(24)35-25)19-29(34-20(3)38)31(40)36-27(11-7-8-16-33)30(39)37-28(10-6-2)32(41)42-4/h12-15,17-18,27-29,35H,5-11,16,19,33H2,1-4H3,(H,34,38)(H,36,40)(H,37,39)/t27-,28+,29?/m1/s1. The van der Waals surface area contributed by atoms with Crippen LogP contribution in [-0.4, -0.2) is 60.5 Å². The van der Waals surface area contributed by atoms with Crippen molar-refractivity contribution in [2.45, 2.75) is 90.3 Å². The third-order valence-corrected chi connectivity index (χ3v) is 7.36. The van der Waals surface area contributed by atoms with Crippen LogP contribution in [0, 0.1) is 0 Å². The molecule has 1 unspecified atom stereocenters. The molecule has 6 N–H and O–H groups in total. The third kappa shape index (κ3) is 8.79. The molecule has 0 bridgehead atoms. The monoisotopic (exact) mass is 579 g/mol. The lowest BCUT2D eigenvalue weighted by atomic mass is 10.0. The molecule has 3 rings (SSSR count). The lowest BCUT2D eigenvalue weighted by Crippen LogP contribution is -2.56. The Labute approximate surface area is 247 Å². The van der Waals surface area contributed by atoms with Gasteiger partial charge in [-0.2, -0.15) is 0 Å². The van der Waals surface area contributed by atoms with Crippen LogP contribution in [-0.2, 0) is 36.8 Å². The number of rotatable bonds is 16. The van der Waals surface area contributed by atoms with Gasteiger partial charge in [-0.1, -0.05) is 38.8 Å². The lowest BCUT2D eigenvalue weighted by molar-refractivity contribution is -0.145. The number of hydrogen-bond acceptors (Lipinski definition) is 6. The van der Waals surface area contributed by atoms with Gasteiger partial charge in [-0.3, -0.25) is 14.4 Å². The van der Waals surface area contributed by atoms with Crippen LogP contribution >= 0.6 is 0 Å². The van der Waals surface area contributed by atoms with Crippen molar-refractivity contribution >= 4 is 45.5 Å². The zero-order valence-corrected chi connectivity index (χ0v) is 25.2. The Hall–Kier alpha value is -3.92. The summed E-state index contributed by atoms with van der Waals surface area (Å²) in [5, 5.41) is 10.5. The van der Waals surface area contributed by atoms with Crippen LogP contribution in [0.4, 0.5) is 0 Å². The van der Waals surface area contributed by atoms with Crippen LogP contribution < -0.4 is 21.7 Å². The summed E-state index contributed by atoms with van der Waals surface area (Å²) in [6, 6.07) is 9.76. The molecule has 0 saturated heterocycles. The molecule has 0 radical (unpaired) electrons. The Balaban J connectivity index is 1.84. The quantitative estimate of drug-likeness (QED) is 0.129. The number of carbonyl (C=O) groups is 4. The normalized spacial score (nSPS) is 13.4. The van der Waals surface area contributed by atoms with E-state index in [1.807, 2.05) is 25.1 Å². The van der Waals surface area contributed by atoms with Crippen molar-refractivity contribution in [1.29, 1.82) is 0 Å². The second kappa shape index (κ2) is 15.9. The van der Waals surface area contributed by atoms with Gasteiger partial charge in [-0.05, 0) is 74.0 Å². The molecule has 0 aliphatic rings. The summed E-state index contributed by atoms with van der Waals surface area (Å²) in [4.78, 5) is 54.5. The highest BCUT2D eigenvalue weighted by Crippen LogP contribution is 2.28. The Kier molecular flexibility index (Phi) is 12.3. The van der Waals surface area contributed by atoms with Gasteiger partial charge in [0.2, 0.25) is 17.7 Å². The molecule has 2 aromatic carbocycles. The van der Waals surface area contributed by atoms with E-state index < -0.39 is 35.9 Å². The number of aromatic nitrogens is 1. The second-order valence-corrected chi connectivity index (χ2v) is 10.8. The number of unbranched alkanes of at least 4 members (excludes halogenated alkanes) is 1. The number of methoxy groups -OCH3 is 1. The first kappa shape index (κ1) is 32.6. The van der Waals surface area contributed by atoms with E-state index in [2.05, 4.69) is 46.1 Å². The maximum Gasteiger partial charge on any atom is 0.328 e. The molecule has 0 spiro atoms. The molecule has 10 nitrogen and oxygen atoms in total. The Morgan fingerprint density at radius 3 is 2.02 bits per heavy atom. The number of nitrogens with two attached hydrogens (primary N) is 1. The van der Waals surface area contributed by atoms with Crippen molar-refractivity contribution < 1.29 is 23.9 Å². The molecule has 10 heteroatoms. The molecule has 3 atom stereocenters. The fourth-order valence-electron chi connectivity index (χ4n) is 5.24. The van der Waals surface area contributed by atoms with Crippen LogP contribution in [0.25, 0.3) is 21.8 Å². The van der Waals surface area contributed by atoms with Crippen LogP contribution in [0.3, 0.4) is 0 Å². The van der Waals surface area contributed by atoms with Gasteiger partial charge in [0.1, 0.15) is 18.1 Å². The first-order chi connectivity index (χ1) is 20.2. The number of fused-ring (bicyclic) bond motifs is 3. The molecule has 0 aliphatic heterocycles. The smallest absolute Gasteiger partial charge is 0.328 e. The largest absolute Gasteiger partial charge is 0.467 e. The minimum atomic E-state index is -0.905. The van der Waals surface area contributed by atoms with Crippen molar-refractivity contribution in [2.75, 3.05) is 13.7 Å². The predicted octanol–water partition coefficient (Wildman–Crippen LogP) is 3.39. The molecule has 42 heavy (non-hydrogen) atoms. The molecule has 228 valence electrons. The molecule has 1 aromatic heterocycles. The first-order valence-electron chi connectivity index (χ1n) is 14.9. The molecule has 0 fully saturated rings. The lowest BCUT2D eigenvalue weighted by Gasteiger charge is -2.25. The summed E-state index contributed by atoms with van der Waals surface area (Å²) in [6.07, 6.45) is 4.97. The topological polar surface area (TPSA) is 155 Å². The van der Waals surface area contributed by atoms with E-state index in [1.165, 1.54) is 19.6 Å². The highest BCUT2D eigenvalue weighted by molar-refractivity contribution is 6.07. The van der Waals surface area contributed by atoms with Crippen molar-refractivity contribution in [1.82, 2.24) is 20.9 Å². The number of hydrogen-bond donors (Lipinski definition) is 5. The van der Waals surface area contributed by atoms with Crippen molar-refractivity contribution in [3.05, 3.63) is 47.5 Å². The number of esters is 1. The van der Waals surface area contributed by atoms with Gasteiger partial charge in [0.05, 0.1) is 7.11 Å². The minimum absolute atomic E-state index is 0.237. The molecule has 3 amide bonds. The molecule has 0 saturated carbocycles. The van der Waals surface area contributed by atoms with Crippen molar-refractivity contribution in [3.8, 4) is 0 Å². The maximum absolute atomic E-state index is 13.5. The zero-order valence-electron chi connectivity index (χ0n) is 25.2. The van der Waals surface area contributed by atoms with Crippen molar-refractivity contribution in [2.24, 2.45) is 5.73 Å². The Morgan fingerprint density at radius 2 is 1.43 bits per heavy atom. The van der Waals surface area contributed by atoms with Gasteiger partial charge < -0.3 is 31.4 Å². The molecular weight excluding hydrogens is 534 g/mol. The molecular formula is C32H45N5O5. The van der Waals surface area contributed by atoms with Crippen LogP contribution in [0.15, 0.2) is 36.4 Å². The van der Waals surface area contributed by atoms with Gasteiger partial charge in [0.15, 0.2) is 0 Å². The number of nitrogens with one attached hydrogen (secondary N) is 4. The first-order valence-corrected chi connectivity index (χ1v) is 14.9. The zero-order chi connectivity index (χ0) is 30.6. The van der Waals surface area contributed by atoms with Crippen LogP contribution in [0.1, 0.15) is 70.4 Å². The van der Waals surface area contributed by atoms with Crippen LogP contribution in [0.2, 0.25) is 0 Å². The highest BCUT2D eigenvalue weighted by atomic mass is 16.5. The Bertz CT molecular complexity index is 1380. The SMILES string of the molecule is CCCc1ccc2[nH]c3ccc(CC(NC(C)=O)C(=O)N[C@H](CCCCN)C(=O)N[C@@H](CCC)C(=O)OC)cc3c2c1. The average molecular weight is 580 g/mol. The number of ether oxygens (including phenoxy) is 1.